The van der Waals surface area contributed by atoms with Crippen molar-refractivity contribution in [3.8, 4) is 17.2 Å². The second kappa shape index (κ2) is 11.2. The zero-order valence-corrected chi connectivity index (χ0v) is 17.7. The van der Waals surface area contributed by atoms with Gasteiger partial charge in [-0.3, -0.25) is 9.59 Å². The first kappa shape index (κ1) is 22.4. The number of hydrogen-bond donors (Lipinski definition) is 2. The summed E-state index contributed by atoms with van der Waals surface area (Å²) in [6.45, 7) is -0.192. The van der Waals surface area contributed by atoms with Gasteiger partial charge in [0.1, 0.15) is 5.75 Å². The molecule has 2 amide bonds. The minimum Gasteiger partial charge on any atom is -0.497 e. The molecular formula is C24H23N3O5. The number of hydrazone groups is 1. The van der Waals surface area contributed by atoms with E-state index in [2.05, 4.69) is 15.8 Å². The fraction of sp³-hybridized carbons (Fsp3) is 0.125. The van der Waals surface area contributed by atoms with Gasteiger partial charge in [0.15, 0.2) is 18.1 Å². The highest BCUT2D eigenvalue weighted by molar-refractivity contribution is 5.95. The molecule has 164 valence electrons. The van der Waals surface area contributed by atoms with Gasteiger partial charge in [-0.2, -0.15) is 5.10 Å². The van der Waals surface area contributed by atoms with Gasteiger partial charge in [-0.25, -0.2) is 5.43 Å². The van der Waals surface area contributed by atoms with E-state index in [0.717, 1.165) is 0 Å². The molecule has 0 aliphatic rings. The average Bonchev–Trinajstić information content (AvgIpc) is 2.84. The van der Waals surface area contributed by atoms with Crippen LogP contribution in [-0.2, 0) is 4.79 Å². The third-order valence-electron chi connectivity index (χ3n) is 4.34. The summed E-state index contributed by atoms with van der Waals surface area (Å²) < 4.78 is 16.0. The number of nitrogens with zero attached hydrogens (tertiary/aromatic N) is 1. The summed E-state index contributed by atoms with van der Waals surface area (Å²) in [6.07, 6.45) is 1.49. The van der Waals surface area contributed by atoms with Crippen LogP contribution in [0.3, 0.4) is 0 Å². The van der Waals surface area contributed by atoms with Gasteiger partial charge >= 0.3 is 0 Å². The normalized spacial score (nSPS) is 10.4. The van der Waals surface area contributed by atoms with Gasteiger partial charge in [0.2, 0.25) is 0 Å². The summed E-state index contributed by atoms with van der Waals surface area (Å²) in [6, 6.07) is 20.9. The molecule has 0 radical (unpaired) electrons. The van der Waals surface area contributed by atoms with Crippen LogP contribution < -0.4 is 25.0 Å². The van der Waals surface area contributed by atoms with Crippen molar-refractivity contribution in [1.82, 2.24) is 5.43 Å². The molecular weight excluding hydrogens is 410 g/mol. The maximum Gasteiger partial charge on any atom is 0.271 e. The van der Waals surface area contributed by atoms with Gasteiger partial charge in [0, 0.05) is 11.3 Å². The fourth-order valence-electron chi connectivity index (χ4n) is 2.72. The van der Waals surface area contributed by atoms with E-state index in [1.807, 2.05) is 6.07 Å². The van der Waals surface area contributed by atoms with Gasteiger partial charge in [0.05, 0.1) is 20.4 Å². The SMILES string of the molecule is COc1ccc(NC(=O)COc2ccc(/C=N/NC(=O)c3ccccc3)cc2OC)cc1. The molecule has 2 N–H and O–H groups in total. The van der Waals surface area contributed by atoms with Crippen LogP contribution in [0.2, 0.25) is 0 Å². The summed E-state index contributed by atoms with van der Waals surface area (Å²) in [5, 5.41) is 6.71. The van der Waals surface area contributed by atoms with Gasteiger partial charge in [-0.1, -0.05) is 18.2 Å². The summed E-state index contributed by atoms with van der Waals surface area (Å²) in [7, 11) is 3.07. The van der Waals surface area contributed by atoms with Gasteiger partial charge in [0.25, 0.3) is 11.8 Å². The first-order chi connectivity index (χ1) is 15.6. The average molecular weight is 433 g/mol. The Morgan fingerprint density at radius 2 is 1.66 bits per heavy atom. The lowest BCUT2D eigenvalue weighted by atomic mass is 10.2. The Morgan fingerprint density at radius 1 is 0.906 bits per heavy atom. The van der Waals surface area contributed by atoms with E-state index in [0.29, 0.717) is 34.1 Å². The molecule has 0 bridgehead atoms. The molecule has 8 nitrogen and oxygen atoms in total. The van der Waals surface area contributed by atoms with E-state index in [1.54, 1.807) is 73.8 Å². The Morgan fingerprint density at radius 3 is 2.34 bits per heavy atom. The summed E-state index contributed by atoms with van der Waals surface area (Å²) in [5.74, 6) is 0.916. The number of rotatable bonds is 9. The Bertz CT molecular complexity index is 1080. The summed E-state index contributed by atoms with van der Waals surface area (Å²) in [5.41, 5.74) is 4.30. The third-order valence-corrected chi connectivity index (χ3v) is 4.34. The molecule has 0 unspecified atom stereocenters. The highest BCUT2D eigenvalue weighted by Gasteiger charge is 2.09. The van der Waals surface area contributed by atoms with E-state index in [4.69, 9.17) is 14.2 Å². The van der Waals surface area contributed by atoms with Crippen molar-refractivity contribution >= 4 is 23.7 Å². The summed E-state index contributed by atoms with van der Waals surface area (Å²) >= 11 is 0. The summed E-state index contributed by atoms with van der Waals surface area (Å²) in [4.78, 5) is 24.2. The predicted molar refractivity (Wildman–Crippen MR) is 122 cm³/mol. The molecule has 0 saturated carbocycles. The maximum absolute atomic E-state index is 12.2. The van der Waals surface area contributed by atoms with E-state index >= 15 is 0 Å². The van der Waals surface area contributed by atoms with Gasteiger partial charge < -0.3 is 19.5 Å². The second-order valence-corrected chi connectivity index (χ2v) is 6.54. The number of hydrogen-bond acceptors (Lipinski definition) is 6. The van der Waals surface area contributed by atoms with Crippen LogP contribution >= 0.6 is 0 Å². The highest BCUT2D eigenvalue weighted by Crippen LogP contribution is 2.27. The molecule has 0 fully saturated rings. The van der Waals surface area contributed by atoms with Crippen LogP contribution in [0.25, 0.3) is 0 Å². The van der Waals surface area contributed by atoms with Crippen LogP contribution in [0.15, 0.2) is 77.9 Å². The van der Waals surface area contributed by atoms with Crippen molar-refractivity contribution in [2.75, 3.05) is 26.1 Å². The van der Waals surface area contributed by atoms with Crippen molar-refractivity contribution in [1.29, 1.82) is 0 Å². The highest BCUT2D eigenvalue weighted by atomic mass is 16.5. The van der Waals surface area contributed by atoms with Crippen molar-refractivity contribution in [2.45, 2.75) is 0 Å². The van der Waals surface area contributed by atoms with Crippen molar-refractivity contribution < 1.29 is 23.8 Å². The molecule has 8 heteroatoms. The Balaban J connectivity index is 1.55. The smallest absolute Gasteiger partial charge is 0.271 e. The largest absolute Gasteiger partial charge is 0.497 e. The number of anilines is 1. The zero-order chi connectivity index (χ0) is 22.8. The quantitative estimate of drug-likeness (QED) is 0.398. The van der Waals surface area contributed by atoms with E-state index in [-0.39, 0.29) is 18.4 Å². The Hall–Kier alpha value is -4.33. The molecule has 3 aromatic rings. The molecule has 3 rings (SSSR count). The maximum atomic E-state index is 12.2. The van der Waals surface area contributed by atoms with Crippen molar-refractivity contribution in [2.24, 2.45) is 5.10 Å². The molecule has 0 aromatic heterocycles. The van der Waals surface area contributed by atoms with Crippen LogP contribution in [0.1, 0.15) is 15.9 Å². The first-order valence-corrected chi connectivity index (χ1v) is 9.72. The Labute approximate surface area is 185 Å². The van der Waals surface area contributed by atoms with Crippen molar-refractivity contribution in [3.63, 3.8) is 0 Å². The molecule has 3 aromatic carbocycles. The second-order valence-electron chi connectivity index (χ2n) is 6.54. The number of methoxy groups -OCH3 is 2. The first-order valence-electron chi connectivity index (χ1n) is 9.72. The molecule has 0 aliphatic carbocycles. The van der Waals surface area contributed by atoms with Crippen molar-refractivity contribution in [3.05, 3.63) is 83.9 Å². The number of amides is 2. The molecule has 0 spiro atoms. The standard InChI is InChI=1S/C24H23N3O5/c1-30-20-11-9-19(10-12-20)26-23(28)16-32-21-13-8-17(14-22(21)31-2)15-25-27-24(29)18-6-4-3-5-7-18/h3-15H,16H2,1-2H3,(H,26,28)(H,27,29)/b25-15+. The zero-order valence-electron chi connectivity index (χ0n) is 17.7. The predicted octanol–water partition coefficient (Wildman–Crippen LogP) is 3.49. The molecule has 0 heterocycles. The number of carbonyl (C=O) groups excluding carboxylic acids is 2. The number of benzene rings is 3. The van der Waals surface area contributed by atoms with Gasteiger partial charge in [-0.05, 0) is 60.2 Å². The number of nitrogens with one attached hydrogen (secondary N) is 2. The lowest BCUT2D eigenvalue weighted by Gasteiger charge is -2.11. The lowest BCUT2D eigenvalue weighted by molar-refractivity contribution is -0.118. The number of carbonyl (C=O) groups is 2. The third kappa shape index (κ3) is 6.33. The van der Waals surface area contributed by atoms with Gasteiger partial charge in [-0.15, -0.1) is 0 Å². The fourth-order valence-corrected chi connectivity index (χ4v) is 2.72. The number of ether oxygens (including phenoxy) is 3. The molecule has 0 aliphatic heterocycles. The lowest BCUT2D eigenvalue weighted by Crippen LogP contribution is -2.20. The van der Waals surface area contributed by atoms with E-state index in [9.17, 15) is 9.59 Å². The van der Waals surface area contributed by atoms with E-state index in [1.165, 1.54) is 13.3 Å². The van der Waals surface area contributed by atoms with Crippen LogP contribution in [0.5, 0.6) is 17.2 Å². The minimum absolute atomic E-state index is 0.192. The van der Waals surface area contributed by atoms with Crippen LogP contribution in [0.4, 0.5) is 5.69 Å². The van der Waals surface area contributed by atoms with Crippen LogP contribution in [-0.4, -0.2) is 38.9 Å². The molecule has 32 heavy (non-hydrogen) atoms. The topological polar surface area (TPSA) is 98.3 Å². The molecule has 0 saturated heterocycles. The minimum atomic E-state index is -0.313. The van der Waals surface area contributed by atoms with E-state index < -0.39 is 0 Å². The Kier molecular flexibility index (Phi) is 7.80. The van der Waals surface area contributed by atoms with Crippen LogP contribution in [0, 0.1) is 0 Å². The monoisotopic (exact) mass is 433 g/mol. The molecule has 0 atom stereocenters.